The van der Waals surface area contributed by atoms with Gasteiger partial charge in [0.25, 0.3) is 0 Å². The van der Waals surface area contributed by atoms with Gasteiger partial charge in [-0.1, -0.05) is 23.2 Å². The predicted octanol–water partition coefficient (Wildman–Crippen LogP) is 4.62. The molecule has 2 heterocycles. The Kier molecular flexibility index (Phi) is 5.40. The van der Waals surface area contributed by atoms with Gasteiger partial charge in [-0.2, -0.15) is 5.10 Å². The third-order valence-electron chi connectivity index (χ3n) is 3.14. The van der Waals surface area contributed by atoms with Crippen molar-refractivity contribution in [3.05, 3.63) is 33.6 Å². The van der Waals surface area contributed by atoms with E-state index in [1.54, 1.807) is 18.5 Å². The fraction of sp³-hybridized carbons (Fsp3) is 0.438. The first-order chi connectivity index (χ1) is 11.1. The van der Waals surface area contributed by atoms with Gasteiger partial charge in [-0.3, -0.25) is 0 Å². The molecule has 0 atom stereocenters. The number of esters is 1. The Labute approximate surface area is 150 Å². The quantitative estimate of drug-likeness (QED) is 0.733. The number of rotatable bonds is 4. The second-order valence-corrected chi connectivity index (χ2v) is 6.97. The van der Waals surface area contributed by atoms with Gasteiger partial charge in [0.05, 0.1) is 17.2 Å². The van der Waals surface area contributed by atoms with Crippen molar-refractivity contribution in [2.24, 2.45) is 0 Å². The van der Waals surface area contributed by atoms with Crippen LogP contribution >= 0.6 is 23.2 Å². The smallest absolute Gasteiger partial charge is 0.359 e. The first-order valence-corrected chi connectivity index (χ1v) is 8.16. The lowest BCUT2D eigenvalue weighted by Gasteiger charge is -2.22. The van der Waals surface area contributed by atoms with Crippen molar-refractivity contribution in [2.45, 2.75) is 40.2 Å². The Balaban J connectivity index is 2.52. The lowest BCUT2D eigenvalue weighted by molar-refractivity contribution is 0.0517. The molecule has 0 spiro atoms. The maximum atomic E-state index is 12.1. The number of aromatic nitrogens is 3. The SMILES string of the molecule is CCOC(=O)c1nn(C(C)(C)C)c(Oc2ncc(Cl)cc2Cl)c1C. The third-order valence-corrected chi connectivity index (χ3v) is 3.62. The molecule has 0 saturated carbocycles. The van der Waals surface area contributed by atoms with Gasteiger partial charge < -0.3 is 9.47 Å². The average molecular weight is 372 g/mol. The molecule has 0 aliphatic rings. The second kappa shape index (κ2) is 6.99. The van der Waals surface area contributed by atoms with Crippen molar-refractivity contribution in [3.63, 3.8) is 0 Å². The zero-order chi connectivity index (χ0) is 18.1. The van der Waals surface area contributed by atoms with Crippen LogP contribution < -0.4 is 4.74 Å². The number of halogens is 2. The molecule has 0 aliphatic heterocycles. The van der Waals surface area contributed by atoms with Crippen LogP contribution in [0.5, 0.6) is 11.8 Å². The van der Waals surface area contributed by atoms with Crippen molar-refractivity contribution in [2.75, 3.05) is 6.61 Å². The van der Waals surface area contributed by atoms with Crippen LogP contribution in [-0.4, -0.2) is 27.3 Å². The molecular formula is C16H19Cl2N3O3. The van der Waals surface area contributed by atoms with Gasteiger partial charge in [0, 0.05) is 11.8 Å². The molecule has 0 amide bonds. The fourth-order valence-corrected chi connectivity index (χ4v) is 2.44. The maximum absolute atomic E-state index is 12.1. The topological polar surface area (TPSA) is 66.2 Å². The van der Waals surface area contributed by atoms with Crippen LogP contribution in [0.4, 0.5) is 0 Å². The highest BCUT2D eigenvalue weighted by Crippen LogP contribution is 2.35. The monoisotopic (exact) mass is 371 g/mol. The minimum absolute atomic E-state index is 0.185. The van der Waals surface area contributed by atoms with Crippen molar-refractivity contribution in [1.82, 2.24) is 14.8 Å². The number of nitrogens with zero attached hydrogens (tertiary/aromatic N) is 3. The highest BCUT2D eigenvalue weighted by molar-refractivity contribution is 6.35. The molecule has 0 saturated heterocycles. The van der Waals surface area contributed by atoms with Gasteiger partial charge in [0.15, 0.2) is 5.69 Å². The molecule has 2 aromatic rings. The standard InChI is InChI=1S/C16H19Cl2N3O3/c1-6-23-15(22)12-9(2)14(21(20-12)16(3,4)5)24-13-11(18)7-10(17)8-19-13/h7-8H,6H2,1-5H3. The molecule has 6 nitrogen and oxygen atoms in total. The summed E-state index contributed by atoms with van der Waals surface area (Å²) < 4.78 is 12.5. The van der Waals surface area contributed by atoms with E-state index in [1.807, 2.05) is 20.8 Å². The summed E-state index contributed by atoms with van der Waals surface area (Å²) in [6.07, 6.45) is 1.43. The highest BCUT2D eigenvalue weighted by atomic mass is 35.5. The van der Waals surface area contributed by atoms with E-state index in [4.69, 9.17) is 32.7 Å². The van der Waals surface area contributed by atoms with E-state index in [2.05, 4.69) is 10.1 Å². The van der Waals surface area contributed by atoms with Crippen LogP contribution in [0.3, 0.4) is 0 Å². The van der Waals surface area contributed by atoms with E-state index in [1.165, 1.54) is 12.3 Å². The minimum Gasteiger partial charge on any atom is -0.461 e. The number of carbonyl (C=O) groups is 1. The van der Waals surface area contributed by atoms with E-state index in [0.29, 0.717) is 16.5 Å². The molecule has 130 valence electrons. The van der Waals surface area contributed by atoms with E-state index in [-0.39, 0.29) is 23.2 Å². The average Bonchev–Trinajstić information content (AvgIpc) is 2.79. The summed E-state index contributed by atoms with van der Waals surface area (Å²) in [5.41, 5.74) is 0.326. The summed E-state index contributed by atoms with van der Waals surface area (Å²) in [7, 11) is 0. The number of ether oxygens (including phenoxy) is 2. The first-order valence-electron chi connectivity index (χ1n) is 7.41. The molecule has 8 heteroatoms. The van der Waals surface area contributed by atoms with Crippen LogP contribution in [0.1, 0.15) is 43.7 Å². The minimum atomic E-state index is -0.502. The molecular weight excluding hydrogens is 353 g/mol. The van der Waals surface area contributed by atoms with Crippen molar-refractivity contribution >= 4 is 29.2 Å². The lowest BCUT2D eigenvalue weighted by Crippen LogP contribution is -2.24. The van der Waals surface area contributed by atoms with E-state index in [0.717, 1.165) is 0 Å². The van der Waals surface area contributed by atoms with E-state index >= 15 is 0 Å². The fourth-order valence-electron chi connectivity index (χ4n) is 2.02. The van der Waals surface area contributed by atoms with Gasteiger partial charge in [-0.25, -0.2) is 14.5 Å². The molecule has 0 N–H and O–H groups in total. The normalized spacial score (nSPS) is 11.5. The summed E-state index contributed by atoms with van der Waals surface area (Å²) in [6.45, 7) is 9.57. The summed E-state index contributed by atoms with van der Waals surface area (Å²) in [4.78, 5) is 16.2. The highest BCUT2D eigenvalue weighted by Gasteiger charge is 2.29. The number of carbonyl (C=O) groups excluding carboxylic acids is 1. The van der Waals surface area contributed by atoms with Gasteiger partial charge in [-0.05, 0) is 40.7 Å². The molecule has 2 rings (SSSR count). The van der Waals surface area contributed by atoms with Crippen LogP contribution in [0, 0.1) is 6.92 Å². The Morgan fingerprint density at radius 2 is 2.00 bits per heavy atom. The molecule has 0 aliphatic carbocycles. The number of pyridine rings is 1. The zero-order valence-electron chi connectivity index (χ0n) is 14.2. The third kappa shape index (κ3) is 3.82. The molecule has 0 unspecified atom stereocenters. The summed E-state index contributed by atoms with van der Waals surface area (Å²) in [5.74, 6) is 0.0604. The molecule has 2 aromatic heterocycles. The van der Waals surface area contributed by atoms with Crippen molar-refractivity contribution in [1.29, 1.82) is 0 Å². The van der Waals surface area contributed by atoms with Crippen molar-refractivity contribution < 1.29 is 14.3 Å². The largest absolute Gasteiger partial charge is 0.461 e. The molecule has 0 radical (unpaired) electrons. The number of hydrogen-bond donors (Lipinski definition) is 0. The first kappa shape index (κ1) is 18.5. The van der Waals surface area contributed by atoms with Crippen LogP contribution in [0.25, 0.3) is 0 Å². The molecule has 0 fully saturated rings. The van der Waals surface area contributed by atoms with Gasteiger partial charge in [0.2, 0.25) is 11.8 Å². The van der Waals surface area contributed by atoms with Gasteiger partial charge in [-0.15, -0.1) is 0 Å². The molecule has 24 heavy (non-hydrogen) atoms. The number of hydrogen-bond acceptors (Lipinski definition) is 5. The Morgan fingerprint density at radius 3 is 2.54 bits per heavy atom. The maximum Gasteiger partial charge on any atom is 0.359 e. The van der Waals surface area contributed by atoms with Crippen LogP contribution in [0.15, 0.2) is 12.3 Å². The summed E-state index contributed by atoms with van der Waals surface area (Å²) >= 11 is 12.0. The predicted molar refractivity (Wildman–Crippen MR) is 92.2 cm³/mol. The van der Waals surface area contributed by atoms with Crippen LogP contribution in [-0.2, 0) is 10.3 Å². The molecule has 0 bridgehead atoms. The van der Waals surface area contributed by atoms with Gasteiger partial charge >= 0.3 is 5.97 Å². The van der Waals surface area contributed by atoms with Crippen LogP contribution in [0.2, 0.25) is 10.0 Å². The lowest BCUT2D eigenvalue weighted by atomic mass is 10.1. The zero-order valence-corrected chi connectivity index (χ0v) is 15.7. The Morgan fingerprint density at radius 1 is 1.33 bits per heavy atom. The summed E-state index contributed by atoms with van der Waals surface area (Å²) in [5, 5.41) is 5.03. The Bertz CT molecular complexity index is 767. The van der Waals surface area contributed by atoms with Gasteiger partial charge in [0.1, 0.15) is 5.02 Å². The Hall–Kier alpha value is -1.79. The van der Waals surface area contributed by atoms with Crippen molar-refractivity contribution in [3.8, 4) is 11.8 Å². The molecule has 0 aromatic carbocycles. The second-order valence-electron chi connectivity index (χ2n) is 6.12. The van der Waals surface area contributed by atoms with E-state index in [9.17, 15) is 4.79 Å². The summed E-state index contributed by atoms with van der Waals surface area (Å²) in [6, 6.07) is 1.53. The van der Waals surface area contributed by atoms with E-state index < -0.39 is 11.5 Å².